The molecule has 2 N–H and O–H groups in total. The van der Waals surface area contributed by atoms with E-state index in [2.05, 4.69) is 27.3 Å². The molecule has 0 bridgehead atoms. The zero-order valence-electron chi connectivity index (χ0n) is 11.7. The van der Waals surface area contributed by atoms with Gasteiger partial charge in [-0.3, -0.25) is 0 Å². The third-order valence-electron chi connectivity index (χ3n) is 3.06. The predicted octanol–water partition coefficient (Wildman–Crippen LogP) is 1.45. The van der Waals surface area contributed by atoms with Crippen molar-refractivity contribution in [2.45, 2.75) is 26.2 Å². The van der Waals surface area contributed by atoms with Gasteiger partial charge in [0.25, 0.3) is 0 Å². The lowest BCUT2D eigenvalue weighted by Gasteiger charge is -2.06. The first-order chi connectivity index (χ1) is 9.72. The molecule has 0 fully saturated rings. The molecule has 0 saturated heterocycles. The zero-order chi connectivity index (χ0) is 14.4. The van der Waals surface area contributed by atoms with Gasteiger partial charge in [-0.15, -0.1) is 10.2 Å². The van der Waals surface area contributed by atoms with Crippen molar-refractivity contribution in [3.8, 4) is 17.4 Å². The van der Waals surface area contributed by atoms with E-state index >= 15 is 0 Å². The van der Waals surface area contributed by atoms with Crippen molar-refractivity contribution < 1.29 is 9.26 Å². The van der Waals surface area contributed by atoms with Crippen LogP contribution < -0.4 is 10.5 Å². The molecule has 0 saturated carbocycles. The van der Waals surface area contributed by atoms with Crippen LogP contribution in [0.2, 0.25) is 0 Å². The van der Waals surface area contributed by atoms with E-state index in [-0.39, 0.29) is 0 Å². The highest BCUT2D eigenvalue weighted by Crippen LogP contribution is 2.16. The van der Waals surface area contributed by atoms with Gasteiger partial charge in [0.05, 0.1) is 7.11 Å². The van der Waals surface area contributed by atoms with E-state index in [0.717, 1.165) is 19.3 Å². The van der Waals surface area contributed by atoms with E-state index in [9.17, 15) is 0 Å². The fraction of sp³-hybridized carbons (Fsp3) is 0.538. The lowest BCUT2D eigenvalue weighted by molar-refractivity contribution is 0.362. The smallest absolute Gasteiger partial charge is 0.233 e. The van der Waals surface area contributed by atoms with Crippen molar-refractivity contribution in [1.29, 1.82) is 0 Å². The van der Waals surface area contributed by atoms with Gasteiger partial charge in [-0.05, 0) is 31.4 Å². The quantitative estimate of drug-likeness (QED) is 0.817. The summed E-state index contributed by atoms with van der Waals surface area (Å²) in [5.41, 5.74) is 6.09. The topological polar surface area (TPSA) is 100.0 Å². The Kier molecular flexibility index (Phi) is 5.00. The zero-order valence-corrected chi connectivity index (χ0v) is 11.7. The molecule has 7 heteroatoms. The Morgan fingerprint density at radius 1 is 1.30 bits per heavy atom. The largest absolute Gasteiger partial charge is 0.480 e. The summed E-state index contributed by atoms with van der Waals surface area (Å²) in [7, 11) is 1.54. The molecule has 2 aromatic rings. The molecule has 1 unspecified atom stereocenters. The van der Waals surface area contributed by atoms with E-state index in [1.807, 2.05) is 0 Å². The molecule has 20 heavy (non-hydrogen) atoms. The first kappa shape index (κ1) is 14.4. The average molecular weight is 277 g/mol. The minimum absolute atomic E-state index is 0.446. The number of hydrogen-bond acceptors (Lipinski definition) is 7. The molecule has 0 aliphatic rings. The van der Waals surface area contributed by atoms with Crippen LogP contribution >= 0.6 is 0 Å². The summed E-state index contributed by atoms with van der Waals surface area (Å²) in [6, 6.07) is 3.46. The Morgan fingerprint density at radius 2 is 2.15 bits per heavy atom. The molecule has 2 rings (SSSR count). The first-order valence-electron chi connectivity index (χ1n) is 6.63. The van der Waals surface area contributed by atoms with Gasteiger partial charge in [0, 0.05) is 12.5 Å². The number of nitrogens with two attached hydrogens (primary N) is 1. The highest BCUT2D eigenvalue weighted by molar-refractivity contribution is 5.47. The van der Waals surface area contributed by atoms with E-state index in [0.29, 0.717) is 35.8 Å². The SMILES string of the molecule is COc1ccc(-c2noc(CCC(C)CCN)n2)nn1. The van der Waals surface area contributed by atoms with Crippen molar-refractivity contribution >= 4 is 0 Å². The summed E-state index contributed by atoms with van der Waals surface area (Å²) in [5, 5.41) is 11.8. The lowest BCUT2D eigenvalue weighted by Crippen LogP contribution is -2.06. The highest BCUT2D eigenvalue weighted by atomic mass is 16.5. The number of aromatic nitrogens is 4. The number of rotatable bonds is 7. The molecule has 0 aliphatic heterocycles. The minimum Gasteiger partial charge on any atom is -0.480 e. The van der Waals surface area contributed by atoms with Crippen molar-refractivity contribution in [2.24, 2.45) is 11.7 Å². The Hall–Kier alpha value is -2.02. The minimum atomic E-state index is 0.446. The molecule has 0 amide bonds. The molecule has 0 radical (unpaired) electrons. The fourth-order valence-electron chi connectivity index (χ4n) is 1.81. The molecule has 2 heterocycles. The van der Waals surface area contributed by atoms with Crippen molar-refractivity contribution in [1.82, 2.24) is 20.3 Å². The van der Waals surface area contributed by atoms with Crippen LogP contribution in [0.15, 0.2) is 16.7 Å². The van der Waals surface area contributed by atoms with Crippen LogP contribution in [0.3, 0.4) is 0 Å². The van der Waals surface area contributed by atoms with Crippen molar-refractivity contribution in [2.75, 3.05) is 13.7 Å². The van der Waals surface area contributed by atoms with Crippen LogP contribution in [0.5, 0.6) is 5.88 Å². The normalized spacial score (nSPS) is 12.3. The predicted molar refractivity (Wildman–Crippen MR) is 73.0 cm³/mol. The Labute approximate surface area is 117 Å². The summed E-state index contributed by atoms with van der Waals surface area (Å²) in [6.45, 7) is 2.87. The lowest BCUT2D eigenvalue weighted by atomic mass is 10.0. The van der Waals surface area contributed by atoms with Crippen LogP contribution in [-0.4, -0.2) is 34.0 Å². The standard InChI is InChI=1S/C13H19N5O2/c1-9(7-8-14)3-5-11-15-13(18-20-11)10-4-6-12(19-2)17-16-10/h4,6,9H,3,5,7-8,14H2,1-2H3. The molecular weight excluding hydrogens is 258 g/mol. The van der Waals surface area contributed by atoms with Crippen LogP contribution in [0, 0.1) is 5.92 Å². The van der Waals surface area contributed by atoms with Crippen molar-refractivity contribution in [3.63, 3.8) is 0 Å². The maximum atomic E-state index is 5.53. The van der Waals surface area contributed by atoms with Gasteiger partial charge < -0.3 is 15.0 Å². The first-order valence-corrected chi connectivity index (χ1v) is 6.63. The van der Waals surface area contributed by atoms with Gasteiger partial charge in [-0.2, -0.15) is 4.98 Å². The van der Waals surface area contributed by atoms with Crippen LogP contribution in [-0.2, 0) is 6.42 Å². The average Bonchev–Trinajstić information content (AvgIpc) is 2.94. The van der Waals surface area contributed by atoms with E-state index in [1.165, 1.54) is 0 Å². The highest BCUT2D eigenvalue weighted by Gasteiger charge is 2.11. The molecule has 2 aromatic heterocycles. The van der Waals surface area contributed by atoms with Crippen molar-refractivity contribution in [3.05, 3.63) is 18.0 Å². The third kappa shape index (κ3) is 3.74. The van der Waals surface area contributed by atoms with E-state index in [1.54, 1.807) is 19.2 Å². The van der Waals surface area contributed by atoms with E-state index < -0.39 is 0 Å². The van der Waals surface area contributed by atoms with Gasteiger partial charge >= 0.3 is 0 Å². The van der Waals surface area contributed by atoms with Crippen LogP contribution in [0.4, 0.5) is 0 Å². The van der Waals surface area contributed by atoms with Gasteiger partial charge in [0.15, 0.2) is 0 Å². The Bertz CT molecular complexity index is 526. The van der Waals surface area contributed by atoms with Gasteiger partial charge in [-0.25, -0.2) is 0 Å². The molecule has 108 valence electrons. The summed E-state index contributed by atoms with van der Waals surface area (Å²) in [4.78, 5) is 4.32. The molecule has 0 spiro atoms. The number of aryl methyl sites for hydroxylation is 1. The molecule has 1 atom stereocenters. The fourth-order valence-corrected chi connectivity index (χ4v) is 1.81. The third-order valence-corrected chi connectivity index (χ3v) is 3.06. The van der Waals surface area contributed by atoms with Gasteiger partial charge in [0.2, 0.25) is 17.6 Å². The summed E-state index contributed by atoms with van der Waals surface area (Å²) >= 11 is 0. The van der Waals surface area contributed by atoms with Crippen LogP contribution in [0.1, 0.15) is 25.7 Å². The van der Waals surface area contributed by atoms with E-state index in [4.69, 9.17) is 15.0 Å². The van der Waals surface area contributed by atoms with Crippen LogP contribution in [0.25, 0.3) is 11.5 Å². The summed E-state index contributed by atoms with van der Waals surface area (Å²) in [6.07, 6.45) is 2.73. The Balaban J connectivity index is 1.97. The molecule has 0 aliphatic carbocycles. The summed E-state index contributed by atoms with van der Waals surface area (Å²) in [5.74, 6) is 2.06. The second kappa shape index (κ2) is 6.95. The summed E-state index contributed by atoms with van der Waals surface area (Å²) < 4.78 is 10.2. The second-order valence-corrected chi connectivity index (χ2v) is 4.69. The monoisotopic (exact) mass is 277 g/mol. The number of nitrogens with zero attached hydrogens (tertiary/aromatic N) is 4. The molecule has 0 aromatic carbocycles. The maximum absolute atomic E-state index is 5.53. The maximum Gasteiger partial charge on any atom is 0.233 e. The number of ether oxygens (including phenoxy) is 1. The molecule has 7 nitrogen and oxygen atoms in total. The number of methoxy groups -OCH3 is 1. The number of hydrogen-bond donors (Lipinski definition) is 1. The van der Waals surface area contributed by atoms with Gasteiger partial charge in [0.1, 0.15) is 5.69 Å². The molecular formula is C13H19N5O2. The second-order valence-electron chi connectivity index (χ2n) is 4.69. The van der Waals surface area contributed by atoms with Gasteiger partial charge in [-0.1, -0.05) is 12.1 Å². The Morgan fingerprint density at radius 3 is 2.80 bits per heavy atom.